The Balaban J connectivity index is 0.00000361. The van der Waals surface area contributed by atoms with Crippen molar-refractivity contribution in [1.82, 2.24) is 4.90 Å². The van der Waals surface area contributed by atoms with E-state index in [0.29, 0.717) is 5.56 Å². The molecule has 0 aromatic heterocycles. The third kappa shape index (κ3) is 4.44. The van der Waals surface area contributed by atoms with Crippen molar-refractivity contribution in [1.29, 1.82) is 0 Å². The Morgan fingerprint density at radius 1 is 1.50 bits per heavy atom. The van der Waals surface area contributed by atoms with Gasteiger partial charge < -0.3 is 15.4 Å². The molecule has 2 N–H and O–H groups in total. The van der Waals surface area contributed by atoms with Gasteiger partial charge in [-0.15, -0.1) is 12.4 Å². The summed E-state index contributed by atoms with van der Waals surface area (Å²) in [6, 6.07) is 6.30. The van der Waals surface area contributed by atoms with Crippen LogP contribution < -0.4 is 5.73 Å². The minimum Gasteiger partial charge on any atom is -0.370 e. The average Bonchev–Trinajstić information content (AvgIpc) is 2.40. The molecule has 0 bridgehead atoms. The summed E-state index contributed by atoms with van der Waals surface area (Å²) in [5.41, 5.74) is 5.87. The number of nitro benzene ring substituents is 1. The van der Waals surface area contributed by atoms with E-state index in [4.69, 9.17) is 10.5 Å². The van der Waals surface area contributed by atoms with E-state index in [-0.39, 0.29) is 37.1 Å². The lowest BCUT2D eigenvalue weighted by Crippen LogP contribution is -2.41. The lowest BCUT2D eigenvalue weighted by molar-refractivity contribution is -0.385. The van der Waals surface area contributed by atoms with E-state index in [0.717, 1.165) is 0 Å². The number of carbonyl (C=O) groups is 1. The second-order valence-electron chi connectivity index (χ2n) is 4.04. The molecule has 0 aliphatic carbocycles. The topological polar surface area (TPSA) is 98.7 Å². The fraction of sp³-hybridized carbons (Fsp3) is 0.417. The van der Waals surface area contributed by atoms with Gasteiger partial charge in [-0.1, -0.05) is 18.2 Å². The smallest absolute Gasteiger partial charge is 0.274 e. The molecule has 1 unspecified atom stereocenters. The predicted octanol–water partition coefficient (Wildman–Crippen LogP) is 0.949. The fourth-order valence-corrected chi connectivity index (χ4v) is 1.70. The predicted molar refractivity (Wildman–Crippen MR) is 76.7 cm³/mol. The average molecular weight is 304 g/mol. The Kier molecular flexibility index (Phi) is 7.75. The van der Waals surface area contributed by atoms with Gasteiger partial charge in [0.05, 0.1) is 11.5 Å². The molecule has 1 aromatic carbocycles. The molecule has 1 amide bonds. The van der Waals surface area contributed by atoms with Gasteiger partial charge in [-0.05, 0) is 0 Å². The molecule has 0 radical (unpaired) electrons. The summed E-state index contributed by atoms with van der Waals surface area (Å²) in [6.45, 7) is 0.201. The lowest BCUT2D eigenvalue weighted by Gasteiger charge is -2.21. The van der Waals surface area contributed by atoms with Crippen molar-refractivity contribution < 1.29 is 14.5 Å². The van der Waals surface area contributed by atoms with Gasteiger partial charge in [-0.3, -0.25) is 14.9 Å². The van der Waals surface area contributed by atoms with Crippen LogP contribution in [0.2, 0.25) is 0 Å². The number of carbonyl (C=O) groups excluding carboxylic acids is 1. The first kappa shape index (κ1) is 18.3. The molecule has 1 rings (SSSR count). The summed E-state index contributed by atoms with van der Waals surface area (Å²) >= 11 is 0. The van der Waals surface area contributed by atoms with E-state index < -0.39 is 11.0 Å². The van der Waals surface area contributed by atoms with Crippen molar-refractivity contribution >= 4 is 24.0 Å². The van der Waals surface area contributed by atoms with Gasteiger partial charge in [-0.25, -0.2) is 0 Å². The van der Waals surface area contributed by atoms with Gasteiger partial charge in [0.1, 0.15) is 6.10 Å². The number of likely N-dealkylation sites (N-methyl/N-ethyl adjacent to an activating group) is 1. The lowest BCUT2D eigenvalue weighted by atomic mass is 10.1. The van der Waals surface area contributed by atoms with Gasteiger partial charge in [0, 0.05) is 32.3 Å². The van der Waals surface area contributed by atoms with Crippen LogP contribution in [0.15, 0.2) is 24.3 Å². The zero-order valence-corrected chi connectivity index (χ0v) is 12.1. The van der Waals surface area contributed by atoms with Gasteiger partial charge in [-0.2, -0.15) is 0 Å². The standard InChI is InChI=1S/C12H17N3O4.ClH/c1-14(12(16)11(7-13)19-2)8-9-5-3-4-6-10(9)15(17)18;/h3-6,11H,7-8,13H2,1-2H3;1H. The molecule has 0 heterocycles. The molecule has 0 saturated carbocycles. The Bertz CT molecular complexity index is 466. The van der Waals surface area contributed by atoms with E-state index in [1.165, 1.54) is 18.1 Å². The molecule has 7 nitrogen and oxygen atoms in total. The first-order valence-corrected chi connectivity index (χ1v) is 5.71. The molecule has 0 saturated heterocycles. The van der Waals surface area contributed by atoms with E-state index in [1.807, 2.05) is 0 Å². The normalized spacial score (nSPS) is 11.3. The molecule has 1 aromatic rings. The minimum absolute atomic E-state index is 0. The SMILES string of the molecule is COC(CN)C(=O)N(C)Cc1ccccc1[N+](=O)[O-].Cl. The molecule has 0 fully saturated rings. The van der Waals surface area contributed by atoms with Gasteiger partial charge in [0.25, 0.3) is 11.6 Å². The molecule has 0 spiro atoms. The van der Waals surface area contributed by atoms with E-state index in [9.17, 15) is 14.9 Å². The highest BCUT2D eigenvalue weighted by Gasteiger charge is 2.22. The molecular weight excluding hydrogens is 286 g/mol. The largest absolute Gasteiger partial charge is 0.370 e. The van der Waals surface area contributed by atoms with Gasteiger partial charge in [0.15, 0.2) is 0 Å². The number of benzene rings is 1. The highest BCUT2D eigenvalue weighted by molar-refractivity contribution is 5.85. The first-order valence-electron chi connectivity index (χ1n) is 5.71. The van der Waals surface area contributed by atoms with Crippen LogP contribution in [-0.4, -0.2) is 42.5 Å². The Labute approximate surface area is 123 Å². The maximum Gasteiger partial charge on any atom is 0.274 e. The van der Waals surface area contributed by atoms with Crippen molar-refractivity contribution in [2.75, 3.05) is 20.7 Å². The zero-order chi connectivity index (χ0) is 14.4. The number of nitrogens with two attached hydrogens (primary N) is 1. The second kappa shape index (κ2) is 8.47. The number of ether oxygens (including phenoxy) is 1. The second-order valence-corrected chi connectivity index (χ2v) is 4.04. The number of halogens is 1. The summed E-state index contributed by atoms with van der Waals surface area (Å²) < 4.78 is 4.95. The van der Waals surface area contributed by atoms with Gasteiger partial charge in [0.2, 0.25) is 0 Å². The Morgan fingerprint density at radius 3 is 2.60 bits per heavy atom. The summed E-state index contributed by atoms with van der Waals surface area (Å²) in [5, 5.41) is 10.9. The van der Waals surface area contributed by atoms with Gasteiger partial charge >= 0.3 is 0 Å². The third-order valence-corrected chi connectivity index (χ3v) is 2.75. The number of hydrogen-bond acceptors (Lipinski definition) is 5. The van der Waals surface area contributed by atoms with Crippen LogP contribution in [0.5, 0.6) is 0 Å². The van der Waals surface area contributed by atoms with Crippen molar-refractivity contribution in [2.45, 2.75) is 12.6 Å². The molecular formula is C12H18ClN3O4. The van der Waals surface area contributed by atoms with E-state index in [1.54, 1.807) is 25.2 Å². The summed E-state index contributed by atoms with van der Waals surface area (Å²) in [4.78, 5) is 23.7. The summed E-state index contributed by atoms with van der Waals surface area (Å²) in [6.07, 6.45) is -0.729. The molecule has 0 aliphatic heterocycles. The summed E-state index contributed by atoms with van der Waals surface area (Å²) in [7, 11) is 2.95. The maximum atomic E-state index is 11.9. The number of nitro groups is 1. The van der Waals surface area contributed by atoms with Crippen LogP contribution in [0.4, 0.5) is 5.69 Å². The number of methoxy groups -OCH3 is 1. The molecule has 112 valence electrons. The number of amides is 1. The van der Waals surface area contributed by atoms with Crippen LogP contribution in [-0.2, 0) is 16.1 Å². The number of hydrogen-bond donors (Lipinski definition) is 1. The van der Waals surface area contributed by atoms with E-state index >= 15 is 0 Å². The van der Waals surface area contributed by atoms with Crippen molar-refractivity contribution in [3.8, 4) is 0 Å². The number of para-hydroxylation sites is 1. The minimum atomic E-state index is -0.729. The van der Waals surface area contributed by atoms with Crippen LogP contribution in [0.3, 0.4) is 0 Å². The molecule has 8 heteroatoms. The molecule has 20 heavy (non-hydrogen) atoms. The van der Waals surface area contributed by atoms with Crippen LogP contribution in [0, 0.1) is 10.1 Å². The van der Waals surface area contributed by atoms with Crippen LogP contribution in [0.25, 0.3) is 0 Å². The maximum absolute atomic E-state index is 11.9. The molecule has 1 atom stereocenters. The Morgan fingerprint density at radius 2 is 2.10 bits per heavy atom. The zero-order valence-electron chi connectivity index (χ0n) is 11.3. The van der Waals surface area contributed by atoms with E-state index in [2.05, 4.69) is 0 Å². The first-order chi connectivity index (χ1) is 9.01. The van der Waals surface area contributed by atoms with Crippen molar-refractivity contribution in [2.24, 2.45) is 5.73 Å². The quantitative estimate of drug-likeness (QED) is 0.623. The fourth-order valence-electron chi connectivity index (χ4n) is 1.70. The van der Waals surface area contributed by atoms with Crippen LogP contribution in [0.1, 0.15) is 5.56 Å². The van der Waals surface area contributed by atoms with Crippen molar-refractivity contribution in [3.05, 3.63) is 39.9 Å². The third-order valence-electron chi connectivity index (χ3n) is 2.75. The molecule has 0 aliphatic rings. The summed E-state index contributed by atoms with van der Waals surface area (Å²) in [5.74, 6) is -0.303. The number of nitrogens with zero attached hydrogens (tertiary/aromatic N) is 2. The monoisotopic (exact) mass is 303 g/mol. The van der Waals surface area contributed by atoms with Crippen LogP contribution >= 0.6 is 12.4 Å². The number of rotatable bonds is 6. The van der Waals surface area contributed by atoms with Crippen molar-refractivity contribution in [3.63, 3.8) is 0 Å². The highest BCUT2D eigenvalue weighted by atomic mass is 35.5. The highest BCUT2D eigenvalue weighted by Crippen LogP contribution is 2.19. The Hall–Kier alpha value is -1.70.